The van der Waals surface area contributed by atoms with Crippen LogP contribution in [0.2, 0.25) is 0 Å². The van der Waals surface area contributed by atoms with Crippen molar-refractivity contribution in [1.82, 2.24) is 0 Å². The largest absolute Gasteiger partial charge is 0.499 e. The maximum Gasteiger partial charge on any atom is 0.200 e. The smallest absolute Gasteiger partial charge is 0.200 e. The Balaban J connectivity index is 2.83. The van der Waals surface area contributed by atoms with Crippen LogP contribution in [0.1, 0.15) is 83.1 Å². The van der Waals surface area contributed by atoms with Crippen LogP contribution in [0, 0.1) is 35.2 Å². The molecule has 2 nitrogen and oxygen atoms in total. The molecule has 0 saturated carbocycles. The minimum Gasteiger partial charge on any atom is -0.499 e. The van der Waals surface area contributed by atoms with Crippen LogP contribution in [0.5, 0.6) is 11.5 Å². The SMILES string of the molecule is CC(C)(C)P(Oc1[c-]c(OP(C(C)(C)C)C(C)(C)C)cc(-c2c(F)c(F)c(F)c(F)c2F)c1)C(C)(C)C. The predicted octanol–water partition coefficient (Wildman–Crippen LogP) is 10.6. The van der Waals surface area contributed by atoms with Crippen molar-refractivity contribution in [2.45, 2.75) is 104 Å². The zero-order chi connectivity index (χ0) is 28.9. The van der Waals surface area contributed by atoms with Gasteiger partial charge >= 0.3 is 0 Å². The summed E-state index contributed by atoms with van der Waals surface area (Å²) in [5.74, 6) is -9.82. The van der Waals surface area contributed by atoms with Gasteiger partial charge in [0.25, 0.3) is 0 Å². The van der Waals surface area contributed by atoms with Gasteiger partial charge in [-0.3, -0.25) is 0 Å². The van der Waals surface area contributed by atoms with Crippen LogP contribution in [0.25, 0.3) is 11.1 Å². The quantitative estimate of drug-likeness (QED) is 0.118. The van der Waals surface area contributed by atoms with Crippen LogP contribution in [0.3, 0.4) is 0 Å². The average molecular weight is 564 g/mol. The molecule has 2 rings (SSSR count). The summed E-state index contributed by atoms with van der Waals surface area (Å²) in [6, 6.07) is 5.58. The van der Waals surface area contributed by atoms with Crippen LogP contribution < -0.4 is 9.05 Å². The van der Waals surface area contributed by atoms with E-state index in [2.05, 4.69) is 6.07 Å². The van der Waals surface area contributed by atoms with Crippen molar-refractivity contribution in [3.8, 4) is 22.6 Å². The zero-order valence-corrected chi connectivity index (χ0v) is 25.5. The van der Waals surface area contributed by atoms with Crippen molar-refractivity contribution in [3.05, 3.63) is 47.3 Å². The normalized spacial score (nSPS) is 13.5. The van der Waals surface area contributed by atoms with Crippen LogP contribution in [0.15, 0.2) is 12.1 Å². The summed E-state index contributed by atoms with van der Waals surface area (Å²) in [5.41, 5.74) is -1.28. The Hall–Kier alpha value is -1.45. The molecule has 0 N–H and O–H groups in total. The molecule has 0 bridgehead atoms. The first-order chi connectivity index (χ1) is 16.5. The molecule has 9 heteroatoms. The Kier molecular flexibility index (Phi) is 9.11. The Morgan fingerprint density at radius 2 is 0.784 bits per heavy atom. The second-order valence-electron chi connectivity index (χ2n) is 13.0. The Labute approximate surface area is 221 Å². The molecule has 0 aliphatic rings. The van der Waals surface area contributed by atoms with Crippen LogP contribution in [0.4, 0.5) is 22.0 Å². The van der Waals surface area contributed by atoms with Crippen LogP contribution in [-0.2, 0) is 0 Å². The molecular weight excluding hydrogens is 525 g/mol. The monoisotopic (exact) mass is 563 g/mol. The molecular formula is C28H38F5O2P2-. The van der Waals surface area contributed by atoms with Crippen molar-refractivity contribution in [1.29, 1.82) is 0 Å². The van der Waals surface area contributed by atoms with Gasteiger partial charge in [-0.05, 0) is 0 Å². The lowest BCUT2D eigenvalue weighted by molar-refractivity contribution is 0.381. The summed E-state index contributed by atoms with van der Waals surface area (Å²) in [6.07, 6.45) is 0. The molecule has 0 atom stereocenters. The number of hydrogen-bond acceptors (Lipinski definition) is 2. The van der Waals surface area contributed by atoms with Crippen LogP contribution in [-0.4, -0.2) is 20.6 Å². The van der Waals surface area contributed by atoms with Crippen molar-refractivity contribution in [3.63, 3.8) is 0 Å². The number of halogens is 5. The molecule has 0 spiro atoms. The summed E-state index contributed by atoms with van der Waals surface area (Å²) < 4.78 is 84.4. The minimum atomic E-state index is -2.21. The summed E-state index contributed by atoms with van der Waals surface area (Å²) in [7, 11) is -2.38. The fourth-order valence-corrected chi connectivity index (χ4v) is 10.1. The second kappa shape index (κ2) is 10.6. The highest BCUT2D eigenvalue weighted by molar-refractivity contribution is 7.56. The van der Waals surface area contributed by atoms with E-state index in [9.17, 15) is 22.0 Å². The second-order valence-corrected chi connectivity index (χ2v) is 19.9. The fraction of sp³-hybridized carbons (Fsp3) is 0.571. The summed E-state index contributed by atoms with van der Waals surface area (Å²) in [4.78, 5) is 0. The average Bonchev–Trinajstić information content (AvgIpc) is 2.70. The molecule has 2 aromatic rings. The molecule has 0 radical (unpaired) electrons. The van der Waals surface area contributed by atoms with E-state index in [1.807, 2.05) is 83.1 Å². The molecule has 37 heavy (non-hydrogen) atoms. The van der Waals surface area contributed by atoms with Gasteiger partial charge in [-0.1, -0.05) is 89.2 Å². The number of benzene rings is 2. The van der Waals surface area contributed by atoms with E-state index in [4.69, 9.17) is 9.05 Å². The van der Waals surface area contributed by atoms with Crippen LogP contribution >= 0.6 is 16.3 Å². The van der Waals surface area contributed by atoms with Gasteiger partial charge in [0.2, 0.25) is 5.82 Å². The number of hydrogen-bond donors (Lipinski definition) is 0. The molecule has 0 aliphatic carbocycles. The van der Waals surface area contributed by atoms with Gasteiger partial charge in [-0.2, -0.15) is 0 Å². The Morgan fingerprint density at radius 3 is 1.05 bits per heavy atom. The van der Waals surface area contributed by atoms with E-state index in [0.717, 1.165) is 0 Å². The molecule has 208 valence electrons. The van der Waals surface area contributed by atoms with Gasteiger partial charge in [-0.25, -0.2) is 22.0 Å². The highest BCUT2D eigenvalue weighted by Gasteiger charge is 2.39. The molecule has 0 saturated heterocycles. The first kappa shape index (κ1) is 31.8. The maximum atomic E-state index is 14.8. The van der Waals surface area contributed by atoms with Crippen molar-refractivity contribution in [2.75, 3.05) is 0 Å². The van der Waals surface area contributed by atoms with Crippen molar-refractivity contribution in [2.24, 2.45) is 0 Å². The lowest BCUT2D eigenvalue weighted by atomic mass is 10.0. The Bertz CT molecular complexity index is 1030. The third kappa shape index (κ3) is 7.35. The van der Waals surface area contributed by atoms with E-state index >= 15 is 0 Å². The summed E-state index contributed by atoms with van der Waals surface area (Å²) in [5, 5.41) is -1.14. The van der Waals surface area contributed by atoms with E-state index in [-0.39, 0.29) is 37.7 Å². The topological polar surface area (TPSA) is 18.5 Å². The molecule has 0 amide bonds. The van der Waals surface area contributed by atoms with Gasteiger partial charge in [0, 0.05) is 37.7 Å². The highest BCUT2D eigenvalue weighted by atomic mass is 31.1. The lowest BCUT2D eigenvalue weighted by Gasteiger charge is -2.42. The van der Waals surface area contributed by atoms with Crippen molar-refractivity contribution >= 4 is 16.3 Å². The third-order valence-electron chi connectivity index (χ3n) is 5.13. The van der Waals surface area contributed by atoms with E-state index in [1.165, 1.54) is 12.1 Å². The Morgan fingerprint density at radius 1 is 0.514 bits per heavy atom. The van der Waals surface area contributed by atoms with E-state index < -0.39 is 50.9 Å². The molecule has 0 fully saturated rings. The van der Waals surface area contributed by atoms with Gasteiger partial charge in [0.15, 0.2) is 23.3 Å². The van der Waals surface area contributed by atoms with Gasteiger partial charge < -0.3 is 9.05 Å². The van der Waals surface area contributed by atoms with Gasteiger partial charge in [0.1, 0.15) is 0 Å². The minimum absolute atomic E-state index is 0.116. The summed E-state index contributed by atoms with van der Waals surface area (Å²) in [6.45, 7) is 24.3. The van der Waals surface area contributed by atoms with Gasteiger partial charge in [0.05, 0.1) is 16.3 Å². The molecule has 0 unspecified atom stereocenters. The van der Waals surface area contributed by atoms with E-state index in [1.54, 1.807) is 0 Å². The standard InChI is InChI=1S/C28H38F5O2P2/c1-25(2,3)36(26(4,5)6)34-17-13-16(19-20(29)22(31)24(33)23(32)21(19)30)14-18(15-17)35-37(27(7,8)9)28(10,11)12/h13-14H,1-12H3/q-1. The predicted molar refractivity (Wildman–Crippen MR) is 145 cm³/mol. The zero-order valence-electron chi connectivity index (χ0n) is 23.8. The first-order valence-electron chi connectivity index (χ1n) is 12.0. The first-order valence-corrected chi connectivity index (χ1v) is 14.5. The highest BCUT2D eigenvalue weighted by Crippen LogP contribution is 2.62. The van der Waals surface area contributed by atoms with E-state index in [0.29, 0.717) is 0 Å². The number of rotatable bonds is 5. The molecule has 0 aromatic heterocycles. The molecule has 0 aliphatic heterocycles. The van der Waals surface area contributed by atoms with Gasteiger partial charge in [-0.15, -0.1) is 17.7 Å². The van der Waals surface area contributed by atoms with Crippen molar-refractivity contribution < 1.29 is 31.0 Å². The molecule has 0 heterocycles. The fourth-order valence-electron chi connectivity index (χ4n) is 4.38. The summed E-state index contributed by atoms with van der Waals surface area (Å²) >= 11 is 0. The lowest BCUT2D eigenvalue weighted by Crippen LogP contribution is -2.28. The molecule has 2 aromatic carbocycles. The third-order valence-corrected chi connectivity index (χ3v) is 10.8. The maximum absolute atomic E-state index is 14.8.